The Kier molecular flexibility index (Phi) is 6.80. The fourth-order valence-electron chi connectivity index (χ4n) is 2.41. The molecule has 0 saturated heterocycles. The highest BCUT2D eigenvalue weighted by atomic mass is 32.2. The number of sulfonamides is 1. The SMILES string of the molecule is COc1cc(C(=O)O)ccc1NS(=O)(=O)c1csc(C#Cc2ccc(OC(F)(F)F)cc2)n1. The van der Waals surface area contributed by atoms with Gasteiger partial charge >= 0.3 is 12.3 Å². The maximum Gasteiger partial charge on any atom is 0.573 e. The molecule has 0 aliphatic heterocycles. The van der Waals surface area contributed by atoms with Gasteiger partial charge in [0, 0.05) is 10.9 Å². The van der Waals surface area contributed by atoms with Crippen LogP contribution in [0.5, 0.6) is 11.5 Å². The Balaban J connectivity index is 1.76. The number of carboxylic acid groups (broad SMARTS) is 1. The second kappa shape index (κ2) is 9.39. The van der Waals surface area contributed by atoms with E-state index in [-0.39, 0.29) is 27.0 Å². The van der Waals surface area contributed by atoms with Crippen LogP contribution in [0.1, 0.15) is 20.9 Å². The lowest BCUT2D eigenvalue weighted by atomic mass is 10.2. The van der Waals surface area contributed by atoms with E-state index in [4.69, 9.17) is 9.84 Å². The van der Waals surface area contributed by atoms with E-state index in [9.17, 15) is 26.4 Å². The number of anilines is 1. The van der Waals surface area contributed by atoms with Crippen molar-refractivity contribution in [1.82, 2.24) is 4.98 Å². The molecule has 0 unspecified atom stereocenters. The summed E-state index contributed by atoms with van der Waals surface area (Å²) in [6.07, 6.45) is -4.80. The second-order valence-corrected chi connectivity index (χ2v) is 8.63. The number of ether oxygens (including phenoxy) is 2. The number of hydrogen-bond acceptors (Lipinski definition) is 7. The van der Waals surface area contributed by atoms with Crippen LogP contribution in [0.25, 0.3) is 0 Å². The van der Waals surface area contributed by atoms with E-state index >= 15 is 0 Å². The van der Waals surface area contributed by atoms with Crippen molar-refractivity contribution in [2.45, 2.75) is 11.4 Å². The molecule has 0 aliphatic rings. The van der Waals surface area contributed by atoms with Crippen LogP contribution in [0, 0.1) is 11.8 Å². The molecule has 1 aromatic heterocycles. The Bertz CT molecular complexity index is 1340. The third kappa shape index (κ3) is 6.37. The second-order valence-electron chi connectivity index (χ2n) is 6.14. The Morgan fingerprint density at radius 2 is 1.85 bits per heavy atom. The Morgan fingerprint density at radius 1 is 1.15 bits per heavy atom. The minimum Gasteiger partial charge on any atom is -0.495 e. The number of rotatable bonds is 6. The highest BCUT2D eigenvalue weighted by Crippen LogP contribution is 2.28. The number of halogens is 3. The van der Waals surface area contributed by atoms with Gasteiger partial charge in [-0.15, -0.1) is 24.5 Å². The van der Waals surface area contributed by atoms with Gasteiger partial charge in [-0.3, -0.25) is 4.72 Å². The largest absolute Gasteiger partial charge is 0.573 e. The number of alkyl halides is 3. The number of nitrogens with zero attached hydrogens (tertiary/aromatic N) is 1. The molecule has 172 valence electrons. The van der Waals surface area contributed by atoms with Gasteiger partial charge in [-0.1, -0.05) is 5.92 Å². The van der Waals surface area contributed by atoms with Gasteiger partial charge in [-0.2, -0.15) is 8.42 Å². The van der Waals surface area contributed by atoms with Crippen LogP contribution in [0.15, 0.2) is 52.9 Å². The topological polar surface area (TPSA) is 115 Å². The van der Waals surface area contributed by atoms with Crippen molar-refractivity contribution < 1.29 is 41.0 Å². The van der Waals surface area contributed by atoms with E-state index in [1.165, 1.54) is 42.8 Å². The van der Waals surface area contributed by atoms with Crippen molar-refractivity contribution in [2.75, 3.05) is 11.8 Å². The highest BCUT2D eigenvalue weighted by molar-refractivity contribution is 7.92. The van der Waals surface area contributed by atoms with E-state index in [0.717, 1.165) is 23.5 Å². The zero-order valence-corrected chi connectivity index (χ0v) is 18.1. The smallest absolute Gasteiger partial charge is 0.495 e. The van der Waals surface area contributed by atoms with Gasteiger partial charge in [0.2, 0.25) is 0 Å². The lowest BCUT2D eigenvalue weighted by molar-refractivity contribution is -0.274. The third-order valence-corrected chi connectivity index (χ3v) is 6.01. The van der Waals surface area contributed by atoms with Crippen LogP contribution in [0.4, 0.5) is 18.9 Å². The zero-order chi connectivity index (χ0) is 24.2. The fourth-order valence-corrected chi connectivity index (χ4v) is 4.42. The van der Waals surface area contributed by atoms with E-state index in [0.29, 0.717) is 5.56 Å². The summed E-state index contributed by atoms with van der Waals surface area (Å²) in [7, 11) is -2.87. The summed E-state index contributed by atoms with van der Waals surface area (Å²) in [6.45, 7) is 0. The number of carbonyl (C=O) groups is 1. The summed E-state index contributed by atoms with van der Waals surface area (Å²) in [5.41, 5.74) is 0.300. The van der Waals surface area contributed by atoms with E-state index in [1.807, 2.05) is 0 Å². The summed E-state index contributed by atoms with van der Waals surface area (Å²) in [5.74, 6) is 3.72. The van der Waals surface area contributed by atoms with Crippen molar-refractivity contribution in [3.8, 4) is 23.3 Å². The molecule has 0 fully saturated rings. The zero-order valence-electron chi connectivity index (χ0n) is 16.5. The van der Waals surface area contributed by atoms with Gasteiger partial charge in [-0.25, -0.2) is 9.78 Å². The maximum atomic E-state index is 12.6. The molecule has 0 amide bonds. The van der Waals surface area contributed by atoms with Gasteiger partial charge in [0.1, 0.15) is 11.5 Å². The first kappa shape index (κ1) is 23.9. The number of thiazole rings is 1. The van der Waals surface area contributed by atoms with Gasteiger partial charge in [0.05, 0.1) is 18.4 Å². The van der Waals surface area contributed by atoms with Crippen molar-refractivity contribution in [3.63, 3.8) is 0 Å². The van der Waals surface area contributed by atoms with Crippen molar-refractivity contribution >= 4 is 33.0 Å². The molecule has 0 radical (unpaired) electrons. The third-order valence-electron chi connectivity index (χ3n) is 3.85. The summed E-state index contributed by atoms with van der Waals surface area (Å²) >= 11 is 0.947. The first-order valence-electron chi connectivity index (χ1n) is 8.74. The fraction of sp³-hybridized carbons (Fsp3) is 0.100. The van der Waals surface area contributed by atoms with Crippen molar-refractivity contribution in [1.29, 1.82) is 0 Å². The molecule has 13 heteroatoms. The molecule has 3 rings (SSSR count). The van der Waals surface area contributed by atoms with Crippen LogP contribution in [0.2, 0.25) is 0 Å². The molecule has 2 N–H and O–H groups in total. The van der Waals surface area contributed by atoms with E-state index < -0.39 is 28.1 Å². The highest BCUT2D eigenvalue weighted by Gasteiger charge is 2.30. The number of aromatic carboxylic acids is 1. The van der Waals surface area contributed by atoms with Crippen LogP contribution in [0.3, 0.4) is 0 Å². The minimum atomic E-state index is -4.80. The Morgan fingerprint density at radius 3 is 2.45 bits per heavy atom. The number of benzene rings is 2. The molecule has 0 atom stereocenters. The van der Waals surface area contributed by atoms with Crippen LogP contribution < -0.4 is 14.2 Å². The predicted molar refractivity (Wildman–Crippen MR) is 112 cm³/mol. The number of carboxylic acids is 1. The first-order chi connectivity index (χ1) is 15.5. The molecule has 33 heavy (non-hydrogen) atoms. The monoisotopic (exact) mass is 498 g/mol. The molecule has 2 aromatic carbocycles. The average molecular weight is 498 g/mol. The molecule has 3 aromatic rings. The molecule has 0 bridgehead atoms. The standard InChI is InChI=1S/C20H13F3N2O6S2/c1-30-16-10-13(19(26)27)5-8-15(16)25-33(28,29)18-11-32-17(24-18)9-4-12-2-6-14(7-3-12)31-20(21,22)23/h2-3,5-8,10-11,25H,1H3,(H,26,27). The number of hydrogen-bond donors (Lipinski definition) is 2. The molecular formula is C20H13F3N2O6S2. The molecule has 0 saturated carbocycles. The van der Waals surface area contributed by atoms with Crippen LogP contribution >= 0.6 is 11.3 Å². The number of aromatic nitrogens is 1. The Hall–Kier alpha value is -3.76. The number of methoxy groups -OCH3 is 1. The van der Waals surface area contributed by atoms with Gasteiger partial charge in [-0.05, 0) is 48.4 Å². The van der Waals surface area contributed by atoms with Gasteiger partial charge < -0.3 is 14.6 Å². The summed E-state index contributed by atoms with van der Waals surface area (Å²) < 4.78 is 73.0. The molecule has 0 spiro atoms. The van der Waals surface area contributed by atoms with E-state index in [2.05, 4.69) is 26.3 Å². The lowest BCUT2D eigenvalue weighted by Crippen LogP contribution is -2.16. The average Bonchev–Trinajstić information content (AvgIpc) is 3.22. The Labute approximate surface area is 189 Å². The summed E-state index contributed by atoms with van der Waals surface area (Å²) in [4.78, 5) is 15.0. The maximum absolute atomic E-state index is 12.6. The van der Waals surface area contributed by atoms with Crippen molar-refractivity contribution in [2.24, 2.45) is 0 Å². The van der Waals surface area contributed by atoms with Crippen LogP contribution in [-0.4, -0.2) is 37.9 Å². The van der Waals surface area contributed by atoms with Gasteiger partial charge in [0.25, 0.3) is 10.0 Å². The van der Waals surface area contributed by atoms with Crippen molar-refractivity contribution in [3.05, 3.63) is 64.0 Å². The normalized spacial score (nSPS) is 11.3. The lowest BCUT2D eigenvalue weighted by Gasteiger charge is -2.11. The predicted octanol–water partition coefficient (Wildman–Crippen LogP) is 3.95. The van der Waals surface area contributed by atoms with E-state index in [1.54, 1.807) is 0 Å². The minimum absolute atomic E-state index is 0.00618. The molecule has 0 aliphatic carbocycles. The molecule has 8 nitrogen and oxygen atoms in total. The number of nitrogens with one attached hydrogen (secondary N) is 1. The first-order valence-corrected chi connectivity index (χ1v) is 11.1. The quantitative estimate of drug-likeness (QED) is 0.495. The summed E-state index contributed by atoms with van der Waals surface area (Å²) in [6, 6.07) is 8.46. The molecular weight excluding hydrogens is 485 g/mol. The molecule has 1 heterocycles. The van der Waals surface area contributed by atoms with Gasteiger partial charge in [0.15, 0.2) is 10.0 Å². The summed E-state index contributed by atoms with van der Waals surface area (Å²) in [5, 5.41) is 10.1. The van der Waals surface area contributed by atoms with Crippen LogP contribution in [-0.2, 0) is 10.0 Å².